The van der Waals surface area contributed by atoms with E-state index in [9.17, 15) is 4.79 Å². The first-order valence-corrected chi connectivity index (χ1v) is 5.90. The van der Waals surface area contributed by atoms with E-state index >= 15 is 0 Å². The number of carbonyl (C=O) groups excluding carboxylic acids is 1. The Balaban J connectivity index is 2.77. The van der Waals surface area contributed by atoms with Gasteiger partial charge in [0.05, 0.1) is 23.9 Å². The highest BCUT2D eigenvalue weighted by molar-refractivity contribution is 6.29. The van der Waals surface area contributed by atoms with Crippen molar-refractivity contribution in [2.45, 2.75) is 26.7 Å². The van der Waals surface area contributed by atoms with E-state index in [1.165, 1.54) is 6.07 Å². The minimum absolute atomic E-state index is 0.230. The van der Waals surface area contributed by atoms with Crippen molar-refractivity contribution in [3.05, 3.63) is 16.9 Å². The second-order valence-electron chi connectivity index (χ2n) is 3.63. The third-order valence-electron chi connectivity index (χ3n) is 2.43. The molecular formula is C11H16ClN3O2. The number of ether oxygens (including phenoxy) is 1. The summed E-state index contributed by atoms with van der Waals surface area (Å²) in [5.41, 5.74) is 6.79. The number of nitrogen functional groups attached to an aromatic ring is 1. The van der Waals surface area contributed by atoms with Crippen molar-refractivity contribution in [2.24, 2.45) is 5.92 Å². The van der Waals surface area contributed by atoms with Crippen molar-refractivity contribution in [1.82, 2.24) is 10.2 Å². The highest BCUT2D eigenvalue weighted by Gasteiger charge is 2.20. The van der Waals surface area contributed by atoms with Crippen LogP contribution in [0, 0.1) is 5.92 Å². The highest BCUT2D eigenvalue weighted by Crippen LogP contribution is 2.18. The van der Waals surface area contributed by atoms with Gasteiger partial charge in [-0.2, -0.15) is 5.10 Å². The summed E-state index contributed by atoms with van der Waals surface area (Å²) < 4.78 is 4.98. The Hall–Kier alpha value is -1.36. The van der Waals surface area contributed by atoms with Gasteiger partial charge in [0.1, 0.15) is 0 Å². The van der Waals surface area contributed by atoms with Crippen LogP contribution in [0.2, 0.25) is 5.15 Å². The molecule has 1 rings (SSSR count). The number of anilines is 1. The topological polar surface area (TPSA) is 78.1 Å². The summed E-state index contributed by atoms with van der Waals surface area (Å²) in [5.74, 6) is -0.473. The normalized spacial score (nSPS) is 12.2. The minimum Gasteiger partial charge on any atom is -0.466 e. The van der Waals surface area contributed by atoms with Crippen molar-refractivity contribution in [3.63, 3.8) is 0 Å². The van der Waals surface area contributed by atoms with Crippen molar-refractivity contribution < 1.29 is 9.53 Å². The van der Waals surface area contributed by atoms with E-state index in [2.05, 4.69) is 10.2 Å². The maximum absolute atomic E-state index is 11.6. The zero-order valence-corrected chi connectivity index (χ0v) is 10.7. The second-order valence-corrected chi connectivity index (χ2v) is 4.02. The number of halogens is 1. The first kappa shape index (κ1) is 13.7. The smallest absolute Gasteiger partial charge is 0.309 e. The molecule has 1 aromatic rings. The average molecular weight is 258 g/mol. The average Bonchev–Trinajstić information content (AvgIpc) is 2.28. The van der Waals surface area contributed by atoms with E-state index in [1.54, 1.807) is 6.92 Å². The Morgan fingerprint density at radius 1 is 1.53 bits per heavy atom. The zero-order valence-electron chi connectivity index (χ0n) is 9.94. The highest BCUT2D eigenvalue weighted by atomic mass is 35.5. The predicted molar refractivity (Wildman–Crippen MR) is 65.6 cm³/mol. The second kappa shape index (κ2) is 6.39. The van der Waals surface area contributed by atoms with Crippen molar-refractivity contribution >= 4 is 23.3 Å². The van der Waals surface area contributed by atoms with E-state index in [0.717, 1.165) is 0 Å². The fourth-order valence-corrected chi connectivity index (χ4v) is 1.61. The van der Waals surface area contributed by atoms with Crippen LogP contribution in [0.5, 0.6) is 0 Å². The molecule has 0 aromatic carbocycles. The van der Waals surface area contributed by atoms with Crippen molar-refractivity contribution in [1.29, 1.82) is 0 Å². The van der Waals surface area contributed by atoms with Gasteiger partial charge in [0.15, 0.2) is 5.15 Å². The molecule has 17 heavy (non-hydrogen) atoms. The van der Waals surface area contributed by atoms with Gasteiger partial charge in [-0.15, -0.1) is 5.10 Å². The van der Waals surface area contributed by atoms with Gasteiger partial charge in [0.25, 0.3) is 0 Å². The molecule has 1 heterocycles. The summed E-state index contributed by atoms with van der Waals surface area (Å²) in [5, 5.41) is 7.86. The lowest BCUT2D eigenvalue weighted by Gasteiger charge is -2.13. The Bertz CT molecular complexity index is 398. The summed E-state index contributed by atoms with van der Waals surface area (Å²) in [7, 11) is 0. The van der Waals surface area contributed by atoms with Crippen LogP contribution in [0.25, 0.3) is 0 Å². The molecule has 0 aliphatic heterocycles. The van der Waals surface area contributed by atoms with Crippen molar-refractivity contribution in [3.8, 4) is 0 Å². The molecule has 1 atom stereocenters. The molecule has 0 saturated heterocycles. The van der Waals surface area contributed by atoms with Gasteiger partial charge in [-0.25, -0.2) is 0 Å². The lowest BCUT2D eigenvalue weighted by molar-refractivity contribution is -0.148. The largest absolute Gasteiger partial charge is 0.466 e. The van der Waals surface area contributed by atoms with Gasteiger partial charge in [0, 0.05) is 12.5 Å². The van der Waals surface area contributed by atoms with Gasteiger partial charge >= 0.3 is 5.97 Å². The SMILES string of the molecule is CCOC(=O)C(CC)Cc1nnc(Cl)cc1N. The van der Waals surface area contributed by atoms with Gasteiger partial charge in [-0.1, -0.05) is 18.5 Å². The van der Waals surface area contributed by atoms with Crippen LogP contribution in [0.15, 0.2) is 6.07 Å². The van der Waals surface area contributed by atoms with Crippen LogP contribution in [-0.4, -0.2) is 22.8 Å². The monoisotopic (exact) mass is 257 g/mol. The standard InChI is InChI=1S/C11H16ClN3O2/c1-3-7(11(16)17-4-2)5-9-8(13)6-10(12)15-14-9/h6-7H,3-5H2,1-2H3,(H2,13,15). The molecule has 6 heteroatoms. The number of esters is 1. The van der Waals surface area contributed by atoms with Crippen LogP contribution >= 0.6 is 11.6 Å². The molecule has 94 valence electrons. The number of carbonyl (C=O) groups is 1. The van der Waals surface area contributed by atoms with E-state index < -0.39 is 0 Å². The number of nitrogens with zero attached hydrogens (tertiary/aromatic N) is 2. The molecule has 0 spiro atoms. The van der Waals surface area contributed by atoms with E-state index in [4.69, 9.17) is 22.1 Å². The van der Waals surface area contributed by atoms with Crippen LogP contribution in [-0.2, 0) is 16.0 Å². The van der Waals surface area contributed by atoms with E-state index in [-0.39, 0.29) is 17.0 Å². The summed E-state index contributed by atoms with van der Waals surface area (Å²) in [6.07, 6.45) is 1.09. The van der Waals surface area contributed by atoms with Crippen LogP contribution in [0.3, 0.4) is 0 Å². The predicted octanol–water partition coefficient (Wildman–Crippen LogP) is 1.84. The third kappa shape index (κ3) is 3.85. The lowest BCUT2D eigenvalue weighted by atomic mass is 10.00. The molecule has 5 nitrogen and oxygen atoms in total. The molecule has 2 N–H and O–H groups in total. The summed E-state index contributed by atoms with van der Waals surface area (Å²) in [6, 6.07) is 1.53. The van der Waals surface area contributed by atoms with Gasteiger partial charge < -0.3 is 10.5 Å². The van der Waals surface area contributed by atoms with Crippen LogP contribution < -0.4 is 5.73 Å². The molecule has 0 saturated carbocycles. The number of rotatable bonds is 5. The first-order valence-electron chi connectivity index (χ1n) is 5.52. The van der Waals surface area contributed by atoms with Gasteiger partial charge in [-0.05, 0) is 13.3 Å². The molecule has 0 aliphatic rings. The fraction of sp³-hybridized carbons (Fsp3) is 0.545. The fourth-order valence-electron chi connectivity index (χ4n) is 1.45. The molecule has 1 aromatic heterocycles. The molecule has 0 bridgehead atoms. The molecule has 0 aliphatic carbocycles. The summed E-state index contributed by atoms with van der Waals surface area (Å²) in [4.78, 5) is 11.6. The first-order chi connectivity index (χ1) is 8.08. The number of hydrogen-bond donors (Lipinski definition) is 1. The summed E-state index contributed by atoms with van der Waals surface area (Å²) >= 11 is 5.65. The van der Waals surface area contributed by atoms with Gasteiger partial charge in [-0.3, -0.25) is 4.79 Å². The zero-order chi connectivity index (χ0) is 12.8. The Kier molecular flexibility index (Phi) is 5.15. The van der Waals surface area contributed by atoms with Crippen LogP contribution in [0.1, 0.15) is 26.0 Å². The van der Waals surface area contributed by atoms with E-state index in [0.29, 0.717) is 30.8 Å². The Morgan fingerprint density at radius 3 is 2.76 bits per heavy atom. The van der Waals surface area contributed by atoms with Crippen molar-refractivity contribution in [2.75, 3.05) is 12.3 Å². The molecular weight excluding hydrogens is 242 g/mol. The molecule has 0 fully saturated rings. The maximum atomic E-state index is 11.6. The van der Waals surface area contributed by atoms with E-state index in [1.807, 2.05) is 6.92 Å². The molecule has 0 radical (unpaired) electrons. The number of nitrogens with two attached hydrogens (primary N) is 1. The summed E-state index contributed by atoms with van der Waals surface area (Å²) in [6.45, 7) is 4.07. The quantitative estimate of drug-likeness (QED) is 0.815. The molecule has 1 unspecified atom stereocenters. The third-order valence-corrected chi connectivity index (χ3v) is 2.61. The lowest BCUT2D eigenvalue weighted by Crippen LogP contribution is -2.20. The van der Waals surface area contributed by atoms with Crippen LogP contribution in [0.4, 0.5) is 5.69 Å². The number of aromatic nitrogens is 2. The Labute approximate surface area is 105 Å². The minimum atomic E-state index is -0.243. The maximum Gasteiger partial charge on any atom is 0.309 e. The molecule has 0 amide bonds. The number of hydrogen-bond acceptors (Lipinski definition) is 5. The van der Waals surface area contributed by atoms with Gasteiger partial charge in [0.2, 0.25) is 0 Å². The Morgan fingerprint density at radius 2 is 2.24 bits per heavy atom.